The molecule has 2 N–H and O–H groups in total. The zero-order valence-electron chi connectivity index (χ0n) is 12.1. The molecule has 0 atom stereocenters. The van der Waals surface area contributed by atoms with E-state index in [4.69, 9.17) is 0 Å². The van der Waals surface area contributed by atoms with Gasteiger partial charge >= 0.3 is 0 Å². The number of hydrogen-bond donors (Lipinski definition) is 2. The lowest BCUT2D eigenvalue weighted by molar-refractivity contribution is -0.115. The molecule has 0 aliphatic rings. The highest BCUT2D eigenvalue weighted by atomic mass is 16.2. The first kappa shape index (κ1) is 14.8. The van der Waals surface area contributed by atoms with E-state index in [1.165, 1.54) is 0 Å². The predicted molar refractivity (Wildman–Crippen MR) is 81.2 cm³/mol. The Morgan fingerprint density at radius 2 is 1.86 bits per heavy atom. The smallest absolute Gasteiger partial charge is 0.278 e. The second kappa shape index (κ2) is 6.69. The first-order chi connectivity index (χ1) is 10.1. The second-order valence-electron chi connectivity index (χ2n) is 4.47. The minimum absolute atomic E-state index is 0.153. The summed E-state index contributed by atoms with van der Waals surface area (Å²) in [7, 11) is 0. The monoisotopic (exact) mass is 286 g/mol. The average Bonchev–Trinajstić information content (AvgIpc) is 2.91. The van der Waals surface area contributed by atoms with Gasteiger partial charge < -0.3 is 10.6 Å². The molecule has 1 heterocycles. The van der Waals surface area contributed by atoms with Crippen molar-refractivity contribution in [2.45, 2.75) is 26.8 Å². The van der Waals surface area contributed by atoms with E-state index in [2.05, 4.69) is 15.7 Å². The molecular weight excluding hydrogens is 268 g/mol. The van der Waals surface area contributed by atoms with Gasteiger partial charge in [0.15, 0.2) is 5.69 Å². The van der Waals surface area contributed by atoms with Crippen LogP contribution in [0.4, 0.5) is 11.4 Å². The Morgan fingerprint density at radius 1 is 1.14 bits per heavy atom. The van der Waals surface area contributed by atoms with Gasteiger partial charge in [0.25, 0.3) is 5.91 Å². The summed E-state index contributed by atoms with van der Waals surface area (Å²) in [6.45, 7) is 4.29. The van der Waals surface area contributed by atoms with Crippen molar-refractivity contribution < 1.29 is 9.59 Å². The van der Waals surface area contributed by atoms with Gasteiger partial charge in [-0.2, -0.15) is 5.10 Å². The lowest BCUT2D eigenvalue weighted by Gasteiger charge is -2.05. The highest BCUT2D eigenvalue weighted by Gasteiger charge is 2.18. The normalized spacial score (nSPS) is 10.2. The molecule has 0 fully saturated rings. The van der Waals surface area contributed by atoms with Gasteiger partial charge in [-0.05, 0) is 19.1 Å². The van der Waals surface area contributed by atoms with E-state index in [9.17, 15) is 9.59 Å². The van der Waals surface area contributed by atoms with E-state index in [1.807, 2.05) is 25.1 Å². The Hall–Kier alpha value is -2.63. The number of aryl methyl sites for hydroxylation is 1. The molecule has 0 saturated carbocycles. The fraction of sp³-hybridized carbons (Fsp3) is 0.267. The molecule has 0 bridgehead atoms. The Labute approximate surface area is 123 Å². The van der Waals surface area contributed by atoms with Crippen LogP contribution in [0.2, 0.25) is 0 Å². The van der Waals surface area contributed by atoms with Gasteiger partial charge in [-0.25, -0.2) is 0 Å². The van der Waals surface area contributed by atoms with Gasteiger partial charge in [-0.1, -0.05) is 25.1 Å². The van der Waals surface area contributed by atoms with E-state index in [1.54, 1.807) is 29.9 Å². The number of rotatable bonds is 5. The topological polar surface area (TPSA) is 76.0 Å². The van der Waals surface area contributed by atoms with E-state index in [0.717, 1.165) is 0 Å². The summed E-state index contributed by atoms with van der Waals surface area (Å²) in [4.78, 5) is 23.8. The maximum absolute atomic E-state index is 12.3. The number of nitrogens with one attached hydrogen (secondary N) is 2. The summed E-state index contributed by atoms with van der Waals surface area (Å²) in [5.74, 6) is -0.501. The number of carbonyl (C=O) groups is 2. The highest BCUT2D eigenvalue weighted by molar-refractivity contribution is 6.08. The average molecular weight is 286 g/mol. The molecule has 110 valence electrons. The van der Waals surface area contributed by atoms with Crippen LogP contribution in [0.5, 0.6) is 0 Å². The molecular formula is C15H18N4O2. The number of nitrogens with zero attached hydrogens (tertiary/aromatic N) is 2. The van der Waals surface area contributed by atoms with Gasteiger partial charge in [0, 0.05) is 24.8 Å². The molecule has 6 nitrogen and oxygen atoms in total. The third-order valence-electron chi connectivity index (χ3n) is 2.93. The predicted octanol–water partition coefficient (Wildman–Crippen LogP) is 2.50. The second-order valence-corrected chi connectivity index (χ2v) is 4.47. The van der Waals surface area contributed by atoms with Crippen molar-refractivity contribution >= 4 is 23.2 Å². The van der Waals surface area contributed by atoms with Crippen molar-refractivity contribution in [1.82, 2.24) is 9.78 Å². The summed E-state index contributed by atoms with van der Waals surface area (Å²) >= 11 is 0. The summed E-state index contributed by atoms with van der Waals surface area (Å²) < 4.78 is 1.62. The quantitative estimate of drug-likeness (QED) is 0.886. The standard InChI is InChI=1S/C15H18N4O2/c1-3-13(20)17-12-10-19(4-2)18-14(12)15(21)16-11-8-6-5-7-9-11/h5-10H,3-4H2,1-2H3,(H,16,21)(H,17,20). The number of para-hydroxylation sites is 1. The van der Waals surface area contributed by atoms with Crippen molar-refractivity contribution in [3.63, 3.8) is 0 Å². The minimum atomic E-state index is -0.347. The number of benzene rings is 1. The van der Waals surface area contributed by atoms with Crippen LogP contribution in [0.25, 0.3) is 0 Å². The fourth-order valence-electron chi connectivity index (χ4n) is 1.79. The third kappa shape index (κ3) is 3.68. The summed E-state index contributed by atoms with van der Waals surface area (Å²) in [5.41, 5.74) is 1.32. The Balaban J connectivity index is 2.22. The largest absolute Gasteiger partial charge is 0.323 e. The number of hydrogen-bond acceptors (Lipinski definition) is 3. The van der Waals surface area contributed by atoms with Crippen LogP contribution >= 0.6 is 0 Å². The van der Waals surface area contributed by atoms with Gasteiger partial charge in [-0.3, -0.25) is 14.3 Å². The fourth-order valence-corrected chi connectivity index (χ4v) is 1.79. The van der Waals surface area contributed by atoms with Gasteiger partial charge in [0.05, 0.1) is 5.69 Å². The van der Waals surface area contributed by atoms with Crippen LogP contribution in [0, 0.1) is 0 Å². The first-order valence-electron chi connectivity index (χ1n) is 6.87. The maximum atomic E-state index is 12.3. The molecule has 2 rings (SSSR count). The molecule has 6 heteroatoms. The number of amides is 2. The van der Waals surface area contributed by atoms with Crippen LogP contribution in [-0.2, 0) is 11.3 Å². The van der Waals surface area contributed by atoms with E-state index < -0.39 is 0 Å². The van der Waals surface area contributed by atoms with E-state index in [-0.39, 0.29) is 17.5 Å². The van der Waals surface area contributed by atoms with Crippen LogP contribution in [-0.4, -0.2) is 21.6 Å². The van der Waals surface area contributed by atoms with Gasteiger partial charge in [0.2, 0.25) is 5.91 Å². The Bertz CT molecular complexity index is 634. The number of anilines is 2. The molecule has 0 radical (unpaired) electrons. The Morgan fingerprint density at radius 3 is 2.48 bits per heavy atom. The molecule has 1 aromatic carbocycles. The maximum Gasteiger partial charge on any atom is 0.278 e. The van der Waals surface area contributed by atoms with E-state index in [0.29, 0.717) is 24.3 Å². The molecule has 0 aliphatic heterocycles. The summed E-state index contributed by atoms with van der Waals surface area (Å²) in [6, 6.07) is 9.12. The summed E-state index contributed by atoms with van der Waals surface area (Å²) in [6.07, 6.45) is 2.00. The Kier molecular flexibility index (Phi) is 4.71. The third-order valence-corrected chi connectivity index (χ3v) is 2.93. The van der Waals surface area contributed by atoms with Gasteiger partial charge in [-0.15, -0.1) is 0 Å². The highest BCUT2D eigenvalue weighted by Crippen LogP contribution is 2.16. The lowest BCUT2D eigenvalue weighted by Crippen LogP contribution is -2.17. The molecule has 2 aromatic rings. The zero-order chi connectivity index (χ0) is 15.2. The SMILES string of the molecule is CCC(=O)Nc1cn(CC)nc1C(=O)Nc1ccccc1. The van der Waals surface area contributed by atoms with Crippen molar-refractivity contribution in [2.75, 3.05) is 10.6 Å². The first-order valence-corrected chi connectivity index (χ1v) is 6.87. The van der Waals surface area contributed by atoms with Crippen molar-refractivity contribution in [1.29, 1.82) is 0 Å². The van der Waals surface area contributed by atoms with Crippen LogP contribution in [0.3, 0.4) is 0 Å². The molecule has 0 unspecified atom stereocenters. The van der Waals surface area contributed by atoms with Crippen LogP contribution in [0.1, 0.15) is 30.8 Å². The molecule has 2 amide bonds. The van der Waals surface area contributed by atoms with Crippen molar-refractivity contribution in [3.8, 4) is 0 Å². The zero-order valence-corrected chi connectivity index (χ0v) is 12.1. The van der Waals surface area contributed by atoms with E-state index >= 15 is 0 Å². The minimum Gasteiger partial charge on any atom is -0.323 e. The molecule has 0 saturated heterocycles. The molecule has 1 aromatic heterocycles. The summed E-state index contributed by atoms with van der Waals surface area (Å²) in [5, 5.41) is 9.66. The van der Waals surface area contributed by atoms with Crippen molar-refractivity contribution in [3.05, 3.63) is 42.2 Å². The van der Waals surface area contributed by atoms with Crippen molar-refractivity contribution in [2.24, 2.45) is 0 Å². The van der Waals surface area contributed by atoms with Crippen LogP contribution in [0.15, 0.2) is 36.5 Å². The number of aromatic nitrogens is 2. The van der Waals surface area contributed by atoms with Gasteiger partial charge in [0.1, 0.15) is 0 Å². The molecule has 0 aliphatic carbocycles. The van der Waals surface area contributed by atoms with Crippen LogP contribution < -0.4 is 10.6 Å². The number of carbonyl (C=O) groups excluding carboxylic acids is 2. The lowest BCUT2D eigenvalue weighted by atomic mass is 10.3. The molecule has 0 spiro atoms. The molecule has 21 heavy (non-hydrogen) atoms.